The fraction of sp³-hybridized carbons (Fsp3) is 0.533. The topological polar surface area (TPSA) is 71.3 Å². The van der Waals surface area contributed by atoms with Gasteiger partial charge in [0, 0.05) is 23.4 Å². The molecule has 0 unspecified atom stereocenters. The highest BCUT2D eigenvalue weighted by Gasteiger charge is 2.20. The van der Waals surface area contributed by atoms with Crippen molar-refractivity contribution < 1.29 is 9.32 Å². The lowest BCUT2D eigenvalue weighted by atomic mass is 9.92. The van der Waals surface area contributed by atoms with Gasteiger partial charge in [-0.1, -0.05) is 25.9 Å². The maximum Gasteiger partial charge on any atom is 0.240 e. The highest BCUT2D eigenvalue weighted by atomic mass is 32.1. The highest BCUT2D eigenvalue weighted by molar-refractivity contribution is 7.09. The summed E-state index contributed by atoms with van der Waals surface area (Å²) in [5, 5.41) is 9.75. The van der Waals surface area contributed by atoms with E-state index in [1.807, 2.05) is 45.0 Å². The van der Waals surface area contributed by atoms with Gasteiger partial charge in [0.2, 0.25) is 11.8 Å². The molecule has 1 amide bonds. The van der Waals surface area contributed by atoms with Crippen LogP contribution in [0.2, 0.25) is 0 Å². The number of carbonyl (C=O) groups excluding carboxylic acids is 1. The number of thiazole rings is 1. The van der Waals surface area contributed by atoms with E-state index in [1.165, 1.54) is 0 Å². The normalized spacial score (nSPS) is 11.9. The van der Waals surface area contributed by atoms with Gasteiger partial charge < -0.3 is 4.52 Å². The summed E-state index contributed by atoms with van der Waals surface area (Å²) in [7, 11) is 1.88. The molecule has 0 aliphatic heterocycles. The van der Waals surface area contributed by atoms with Crippen LogP contribution in [-0.4, -0.2) is 34.5 Å². The van der Waals surface area contributed by atoms with E-state index in [4.69, 9.17) is 4.52 Å². The first-order valence-corrected chi connectivity index (χ1v) is 7.98. The second-order valence-corrected chi connectivity index (χ2v) is 7.47. The van der Waals surface area contributed by atoms with Crippen molar-refractivity contribution in [1.82, 2.24) is 15.0 Å². The lowest BCUT2D eigenvalue weighted by Crippen LogP contribution is -2.29. The molecule has 0 radical (unpaired) electrons. The van der Waals surface area contributed by atoms with E-state index in [0.717, 1.165) is 16.4 Å². The molecule has 6 nitrogen and oxygen atoms in total. The third-order valence-corrected chi connectivity index (χ3v) is 3.88. The van der Waals surface area contributed by atoms with E-state index < -0.39 is 0 Å². The van der Waals surface area contributed by atoms with E-state index >= 15 is 0 Å². The van der Waals surface area contributed by atoms with Gasteiger partial charge in [-0.15, -0.1) is 11.3 Å². The molecule has 2 rings (SSSR count). The number of hydrogen-bond acceptors (Lipinski definition) is 6. The number of nitrogens with one attached hydrogen (secondary N) is 1. The van der Waals surface area contributed by atoms with Gasteiger partial charge in [-0.2, -0.15) is 0 Å². The van der Waals surface area contributed by atoms with Crippen LogP contribution in [0.15, 0.2) is 16.0 Å². The number of carbonyl (C=O) groups is 1. The Kier molecular flexibility index (Phi) is 4.97. The smallest absolute Gasteiger partial charge is 0.240 e. The van der Waals surface area contributed by atoms with Crippen LogP contribution in [0.1, 0.15) is 37.2 Å². The maximum atomic E-state index is 12.0. The number of rotatable bonds is 5. The fourth-order valence-electron chi connectivity index (χ4n) is 1.92. The third-order valence-electron chi connectivity index (χ3n) is 3.05. The van der Waals surface area contributed by atoms with Crippen LogP contribution < -0.4 is 5.32 Å². The highest BCUT2D eigenvalue weighted by Crippen LogP contribution is 2.23. The summed E-state index contributed by atoms with van der Waals surface area (Å²) in [5.74, 6) is 0.249. The molecule has 0 bridgehead atoms. The van der Waals surface area contributed by atoms with Crippen LogP contribution in [0, 0.1) is 6.92 Å². The molecule has 0 aromatic carbocycles. The fourth-order valence-corrected chi connectivity index (χ4v) is 2.53. The van der Waals surface area contributed by atoms with Crippen LogP contribution in [0.4, 0.5) is 5.88 Å². The van der Waals surface area contributed by atoms with Gasteiger partial charge in [-0.25, -0.2) is 4.98 Å². The van der Waals surface area contributed by atoms with Gasteiger partial charge in [0.25, 0.3) is 0 Å². The molecule has 0 fully saturated rings. The molecule has 22 heavy (non-hydrogen) atoms. The van der Waals surface area contributed by atoms with Gasteiger partial charge in [0.05, 0.1) is 22.9 Å². The average Bonchev–Trinajstić information content (AvgIpc) is 2.97. The summed E-state index contributed by atoms with van der Waals surface area (Å²) < 4.78 is 5.15. The maximum absolute atomic E-state index is 12.0. The van der Waals surface area contributed by atoms with Gasteiger partial charge in [0.15, 0.2) is 0 Å². The van der Waals surface area contributed by atoms with Crippen molar-refractivity contribution in [3.8, 4) is 0 Å². The van der Waals surface area contributed by atoms with Crippen molar-refractivity contribution in [1.29, 1.82) is 0 Å². The Labute approximate surface area is 134 Å². The Morgan fingerprint density at radius 1 is 1.45 bits per heavy atom. The van der Waals surface area contributed by atoms with Crippen molar-refractivity contribution in [2.45, 2.75) is 39.7 Å². The van der Waals surface area contributed by atoms with Gasteiger partial charge in [-0.05, 0) is 14.0 Å². The summed E-state index contributed by atoms with van der Waals surface area (Å²) in [6.07, 6.45) is 0. The summed E-state index contributed by atoms with van der Waals surface area (Å²) in [4.78, 5) is 18.3. The molecular formula is C15H22N4O2S. The third kappa shape index (κ3) is 4.64. The summed E-state index contributed by atoms with van der Waals surface area (Å²) in [5.41, 5.74) is 1.69. The molecule has 0 saturated heterocycles. The van der Waals surface area contributed by atoms with Gasteiger partial charge >= 0.3 is 0 Å². The van der Waals surface area contributed by atoms with E-state index in [-0.39, 0.29) is 17.9 Å². The van der Waals surface area contributed by atoms with Crippen molar-refractivity contribution in [2.75, 3.05) is 18.9 Å². The van der Waals surface area contributed by atoms with Crippen LogP contribution in [0.25, 0.3) is 0 Å². The quantitative estimate of drug-likeness (QED) is 0.916. The lowest BCUT2D eigenvalue weighted by molar-refractivity contribution is -0.117. The molecule has 120 valence electrons. The Hall–Kier alpha value is -1.73. The van der Waals surface area contributed by atoms with Gasteiger partial charge in [0.1, 0.15) is 0 Å². The minimum absolute atomic E-state index is 0.105. The lowest BCUT2D eigenvalue weighted by Gasteiger charge is -2.14. The zero-order valence-corrected chi connectivity index (χ0v) is 14.5. The molecule has 2 heterocycles. The zero-order chi connectivity index (χ0) is 16.3. The number of aromatic nitrogens is 2. The second kappa shape index (κ2) is 6.58. The molecule has 2 aromatic heterocycles. The van der Waals surface area contributed by atoms with Crippen LogP contribution in [0.5, 0.6) is 0 Å². The molecule has 7 heteroatoms. The number of nitrogens with zero attached hydrogens (tertiary/aromatic N) is 3. The summed E-state index contributed by atoms with van der Waals surface area (Å²) in [6, 6.07) is 1.77. The van der Waals surface area contributed by atoms with Crippen LogP contribution >= 0.6 is 11.3 Å². The Morgan fingerprint density at radius 3 is 2.73 bits per heavy atom. The molecule has 0 saturated carbocycles. The van der Waals surface area contributed by atoms with Crippen molar-refractivity contribution in [3.63, 3.8) is 0 Å². The monoisotopic (exact) mass is 322 g/mol. The molecule has 0 spiro atoms. The zero-order valence-electron chi connectivity index (χ0n) is 13.6. The Bertz CT molecular complexity index is 642. The van der Waals surface area contributed by atoms with Crippen LogP contribution in [-0.2, 0) is 16.8 Å². The number of anilines is 1. The SMILES string of the molecule is Cc1nc(CN(C)CC(=O)Nc2cc(C(C)(C)C)no2)cs1. The number of likely N-dealkylation sites (N-methyl/N-ethyl adjacent to an activating group) is 1. The molecular weight excluding hydrogens is 300 g/mol. The number of amides is 1. The van der Waals surface area contributed by atoms with Gasteiger partial charge in [-0.3, -0.25) is 15.0 Å². The predicted molar refractivity (Wildman–Crippen MR) is 87.0 cm³/mol. The van der Waals surface area contributed by atoms with E-state index in [0.29, 0.717) is 12.4 Å². The standard InChI is InChI=1S/C15H22N4O2S/c1-10-16-11(9-22-10)7-19(5)8-13(20)17-14-6-12(18-21-14)15(2,3)4/h6,9H,7-8H2,1-5H3,(H,17,20). The van der Waals surface area contributed by atoms with E-state index in [2.05, 4.69) is 15.5 Å². The first-order valence-electron chi connectivity index (χ1n) is 7.10. The van der Waals surface area contributed by atoms with Crippen molar-refractivity contribution in [2.24, 2.45) is 0 Å². The number of aryl methyl sites for hydroxylation is 1. The Balaban J connectivity index is 1.86. The van der Waals surface area contributed by atoms with E-state index in [1.54, 1.807) is 17.4 Å². The number of hydrogen-bond donors (Lipinski definition) is 1. The van der Waals surface area contributed by atoms with Crippen molar-refractivity contribution >= 4 is 23.1 Å². The molecule has 1 N–H and O–H groups in total. The average molecular weight is 322 g/mol. The largest absolute Gasteiger partial charge is 0.338 e. The molecule has 2 aromatic rings. The second-order valence-electron chi connectivity index (χ2n) is 6.40. The molecule has 0 aliphatic carbocycles. The first-order chi connectivity index (χ1) is 10.2. The summed E-state index contributed by atoms with van der Waals surface area (Å²) >= 11 is 1.61. The molecule has 0 atom stereocenters. The van der Waals surface area contributed by atoms with Crippen molar-refractivity contribution in [3.05, 3.63) is 27.8 Å². The Morgan fingerprint density at radius 2 is 2.18 bits per heavy atom. The molecule has 0 aliphatic rings. The summed E-state index contributed by atoms with van der Waals surface area (Å²) in [6.45, 7) is 9.00. The predicted octanol–water partition coefficient (Wildman–Crippen LogP) is 2.81. The van der Waals surface area contributed by atoms with E-state index in [9.17, 15) is 4.79 Å². The van der Waals surface area contributed by atoms with Crippen LogP contribution in [0.3, 0.4) is 0 Å². The minimum atomic E-state index is -0.133. The minimum Gasteiger partial charge on any atom is -0.338 e. The first kappa shape index (κ1) is 16.6.